The van der Waals surface area contributed by atoms with E-state index in [9.17, 15) is 4.79 Å². The van der Waals surface area contributed by atoms with Crippen molar-refractivity contribution in [2.24, 2.45) is 11.7 Å². The SMILES string of the molecule is Cc1cccnc1NC(=O)C(C)CCN. The molecular formula is C11H17N3O. The van der Waals surface area contributed by atoms with Gasteiger partial charge in [-0.15, -0.1) is 0 Å². The molecule has 1 rings (SSSR count). The van der Waals surface area contributed by atoms with Crippen molar-refractivity contribution >= 4 is 11.7 Å². The third-order valence-corrected chi connectivity index (χ3v) is 2.30. The van der Waals surface area contributed by atoms with Crippen LogP contribution >= 0.6 is 0 Å². The highest BCUT2D eigenvalue weighted by Crippen LogP contribution is 2.11. The number of nitrogens with one attached hydrogen (secondary N) is 1. The zero-order valence-corrected chi connectivity index (χ0v) is 9.16. The van der Waals surface area contributed by atoms with Crippen LogP contribution in [-0.2, 0) is 4.79 Å². The fraction of sp³-hybridized carbons (Fsp3) is 0.455. The Balaban J connectivity index is 2.62. The first kappa shape index (κ1) is 11.7. The summed E-state index contributed by atoms with van der Waals surface area (Å²) in [6.07, 6.45) is 2.36. The topological polar surface area (TPSA) is 68.0 Å². The van der Waals surface area contributed by atoms with Crippen molar-refractivity contribution in [1.82, 2.24) is 4.98 Å². The van der Waals surface area contributed by atoms with E-state index >= 15 is 0 Å². The molecule has 0 radical (unpaired) electrons. The number of anilines is 1. The van der Waals surface area contributed by atoms with Gasteiger partial charge in [-0.05, 0) is 31.5 Å². The number of nitrogens with zero attached hydrogens (tertiary/aromatic N) is 1. The number of nitrogens with two attached hydrogens (primary N) is 1. The third kappa shape index (κ3) is 3.32. The molecule has 0 bridgehead atoms. The monoisotopic (exact) mass is 207 g/mol. The summed E-state index contributed by atoms with van der Waals surface area (Å²) in [6.45, 7) is 4.30. The number of hydrogen-bond acceptors (Lipinski definition) is 3. The summed E-state index contributed by atoms with van der Waals surface area (Å²) in [5, 5.41) is 2.79. The number of carbonyl (C=O) groups is 1. The molecule has 0 spiro atoms. The van der Waals surface area contributed by atoms with E-state index in [-0.39, 0.29) is 11.8 Å². The first-order chi connectivity index (χ1) is 7.15. The minimum absolute atomic E-state index is 0.0257. The van der Waals surface area contributed by atoms with E-state index in [4.69, 9.17) is 5.73 Å². The van der Waals surface area contributed by atoms with Crippen LogP contribution in [0.5, 0.6) is 0 Å². The number of aryl methyl sites for hydroxylation is 1. The van der Waals surface area contributed by atoms with E-state index in [1.807, 2.05) is 26.0 Å². The molecule has 4 heteroatoms. The summed E-state index contributed by atoms with van der Waals surface area (Å²) in [5.74, 6) is 0.532. The molecule has 4 nitrogen and oxygen atoms in total. The molecule has 1 amide bonds. The van der Waals surface area contributed by atoms with Crippen molar-refractivity contribution in [3.05, 3.63) is 23.9 Å². The Bertz CT molecular complexity index is 338. The summed E-state index contributed by atoms with van der Waals surface area (Å²) in [7, 11) is 0. The third-order valence-electron chi connectivity index (χ3n) is 2.30. The second-order valence-corrected chi connectivity index (χ2v) is 3.64. The fourth-order valence-corrected chi connectivity index (χ4v) is 1.24. The Labute approximate surface area is 89.9 Å². The Kier molecular flexibility index (Phi) is 4.24. The van der Waals surface area contributed by atoms with Gasteiger partial charge in [0, 0.05) is 12.1 Å². The van der Waals surface area contributed by atoms with E-state index in [1.165, 1.54) is 0 Å². The van der Waals surface area contributed by atoms with Crippen LogP contribution in [0.1, 0.15) is 18.9 Å². The summed E-state index contributed by atoms with van der Waals surface area (Å²) in [5.41, 5.74) is 6.36. The van der Waals surface area contributed by atoms with E-state index in [2.05, 4.69) is 10.3 Å². The Morgan fingerprint density at radius 3 is 3.00 bits per heavy atom. The smallest absolute Gasteiger partial charge is 0.228 e. The molecule has 0 saturated carbocycles. The molecule has 3 N–H and O–H groups in total. The van der Waals surface area contributed by atoms with Crippen LogP contribution in [-0.4, -0.2) is 17.4 Å². The van der Waals surface area contributed by atoms with Gasteiger partial charge in [0.15, 0.2) is 0 Å². The van der Waals surface area contributed by atoms with Crippen LogP contribution in [0.15, 0.2) is 18.3 Å². The molecule has 0 aliphatic rings. The first-order valence-corrected chi connectivity index (χ1v) is 5.07. The number of aromatic nitrogens is 1. The summed E-state index contributed by atoms with van der Waals surface area (Å²) in [6, 6.07) is 3.75. The predicted octanol–water partition coefficient (Wildman–Crippen LogP) is 1.31. The van der Waals surface area contributed by atoms with E-state index in [1.54, 1.807) is 6.20 Å². The summed E-state index contributed by atoms with van der Waals surface area (Å²) in [4.78, 5) is 15.7. The second kappa shape index (κ2) is 5.46. The Morgan fingerprint density at radius 2 is 2.40 bits per heavy atom. The van der Waals surface area contributed by atoms with Crippen molar-refractivity contribution in [3.63, 3.8) is 0 Å². The number of pyridine rings is 1. The predicted molar refractivity (Wildman–Crippen MR) is 60.4 cm³/mol. The number of carbonyl (C=O) groups excluding carboxylic acids is 1. The van der Waals surface area contributed by atoms with Gasteiger partial charge in [0.1, 0.15) is 5.82 Å². The summed E-state index contributed by atoms with van der Waals surface area (Å²) >= 11 is 0. The average Bonchev–Trinajstić information content (AvgIpc) is 2.21. The van der Waals surface area contributed by atoms with E-state index < -0.39 is 0 Å². The number of amides is 1. The van der Waals surface area contributed by atoms with Crippen molar-refractivity contribution < 1.29 is 4.79 Å². The van der Waals surface area contributed by atoms with Crippen molar-refractivity contribution in [2.75, 3.05) is 11.9 Å². The minimum atomic E-state index is -0.0728. The molecule has 1 heterocycles. The van der Waals surface area contributed by atoms with Gasteiger partial charge in [0.25, 0.3) is 0 Å². The zero-order valence-electron chi connectivity index (χ0n) is 9.16. The molecule has 1 atom stereocenters. The highest BCUT2D eigenvalue weighted by atomic mass is 16.1. The van der Waals surface area contributed by atoms with Crippen LogP contribution in [0.4, 0.5) is 5.82 Å². The van der Waals surface area contributed by atoms with Crippen LogP contribution < -0.4 is 11.1 Å². The van der Waals surface area contributed by atoms with Crippen molar-refractivity contribution in [1.29, 1.82) is 0 Å². The van der Waals surface area contributed by atoms with Crippen LogP contribution in [0.2, 0.25) is 0 Å². The highest BCUT2D eigenvalue weighted by Gasteiger charge is 2.12. The molecule has 0 aromatic carbocycles. The second-order valence-electron chi connectivity index (χ2n) is 3.64. The average molecular weight is 207 g/mol. The Hall–Kier alpha value is -1.42. The maximum absolute atomic E-state index is 11.6. The minimum Gasteiger partial charge on any atom is -0.330 e. The maximum atomic E-state index is 11.6. The van der Waals surface area contributed by atoms with Gasteiger partial charge in [0.2, 0.25) is 5.91 Å². The van der Waals surface area contributed by atoms with E-state index in [0.29, 0.717) is 18.8 Å². The lowest BCUT2D eigenvalue weighted by atomic mass is 10.1. The normalized spacial score (nSPS) is 12.2. The largest absolute Gasteiger partial charge is 0.330 e. The lowest BCUT2D eigenvalue weighted by Gasteiger charge is -2.11. The van der Waals surface area contributed by atoms with Gasteiger partial charge in [0.05, 0.1) is 0 Å². The number of rotatable bonds is 4. The van der Waals surface area contributed by atoms with Crippen LogP contribution in [0, 0.1) is 12.8 Å². The van der Waals surface area contributed by atoms with Gasteiger partial charge in [-0.25, -0.2) is 4.98 Å². The number of hydrogen-bond donors (Lipinski definition) is 2. The van der Waals surface area contributed by atoms with Crippen molar-refractivity contribution in [3.8, 4) is 0 Å². The molecule has 15 heavy (non-hydrogen) atoms. The molecule has 82 valence electrons. The molecule has 0 fully saturated rings. The molecule has 0 saturated heterocycles. The quantitative estimate of drug-likeness (QED) is 0.782. The van der Waals surface area contributed by atoms with Gasteiger partial charge < -0.3 is 11.1 Å². The molecule has 0 aliphatic carbocycles. The molecular weight excluding hydrogens is 190 g/mol. The lowest BCUT2D eigenvalue weighted by Crippen LogP contribution is -2.23. The van der Waals surface area contributed by atoms with Gasteiger partial charge in [-0.3, -0.25) is 4.79 Å². The Morgan fingerprint density at radius 1 is 1.67 bits per heavy atom. The van der Waals surface area contributed by atoms with Crippen molar-refractivity contribution in [2.45, 2.75) is 20.3 Å². The standard InChI is InChI=1S/C11H17N3O/c1-8-4-3-7-13-10(8)14-11(15)9(2)5-6-12/h3-4,7,9H,5-6,12H2,1-2H3,(H,13,14,15). The molecule has 1 unspecified atom stereocenters. The van der Waals surface area contributed by atoms with Gasteiger partial charge >= 0.3 is 0 Å². The molecule has 1 aromatic heterocycles. The van der Waals surface area contributed by atoms with Gasteiger partial charge in [-0.2, -0.15) is 0 Å². The highest BCUT2D eigenvalue weighted by molar-refractivity contribution is 5.91. The zero-order chi connectivity index (χ0) is 11.3. The lowest BCUT2D eigenvalue weighted by molar-refractivity contribution is -0.119. The van der Waals surface area contributed by atoms with Crippen LogP contribution in [0.3, 0.4) is 0 Å². The van der Waals surface area contributed by atoms with Crippen LogP contribution in [0.25, 0.3) is 0 Å². The van der Waals surface area contributed by atoms with Gasteiger partial charge in [-0.1, -0.05) is 13.0 Å². The molecule has 1 aromatic rings. The fourth-order valence-electron chi connectivity index (χ4n) is 1.24. The maximum Gasteiger partial charge on any atom is 0.228 e. The van der Waals surface area contributed by atoms with E-state index in [0.717, 1.165) is 5.56 Å². The summed E-state index contributed by atoms with van der Waals surface area (Å²) < 4.78 is 0. The first-order valence-electron chi connectivity index (χ1n) is 5.07. The molecule has 0 aliphatic heterocycles.